The van der Waals surface area contributed by atoms with E-state index in [-0.39, 0.29) is 5.78 Å². The Morgan fingerprint density at radius 2 is 1.83 bits per heavy atom. The van der Waals surface area contributed by atoms with Crippen LogP contribution < -0.4 is 4.90 Å². The van der Waals surface area contributed by atoms with Gasteiger partial charge in [-0.2, -0.15) is 0 Å². The molecule has 120 valence electrons. The molecular formula is C20H23NO2. The molecule has 1 fully saturated rings. The van der Waals surface area contributed by atoms with Crippen LogP contribution in [0.5, 0.6) is 0 Å². The minimum Gasteiger partial charge on any atom is -0.378 e. The van der Waals surface area contributed by atoms with Gasteiger partial charge in [0.1, 0.15) is 0 Å². The van der Waals surface area contributed by atoms with Gasteiger partial charge in [0.05, 0.1) is 13.2 Å². The molecule has 2 aromatic rings. The van der Waals surface area contributed by atoms with Crippen molar-refractivity contribution in [3.63, 3.8) is 0 Å². The lowest BCUT2D eigenvalue weighted by molar-refractivity contribution is 0.0982. The van der Waals surface area contributed by atoms with Crippen molar-refractivity contribution in [1.29, 1.82) is 0 Å². The van der Waals surface area contributed by atoms with E-state index in [0.717, 1.165) is 38.3 Å². The second kappa shape index (κ2) is 7.42. The van der Waals surface area contributed by atoms with E-state index in [0.29, 0.717) is 6.42 Å². The fourth-order valence-electron chi connectivity index (χ4n) is 2.95. The molecule has 3 heteroatoms. The number of carbonyl (C=O) groups excluding carboxylic acids is 1. The third kappa shape index (κ3) is 4.20. The van der Waals surface area contributed by atoms with Crippen LogP contribution in [0.2, 0.25) is 0 Å². The van der Waals surface area contributed by atoms with Gasteiger partial charge in [-0.05, 0) is 43.2 Å². The summed E-state index contributed by atoms with van der Waals surface area (Å²) in [6.07, 6.45) is 1.35. The van der Waals surface area contributed by atoms with Crippen molar-refractivity contribution >= 4 is 11.5 Å². The summed E-state index contributed by atoms with van der Waals surface area (Å²) in [5, 5.41) is 0. The first-order chi connectivity index (χ1) is 11.2. The molecule has 0 bridgehead atoms. The number of ketones is 1. The summed E-state index contributed by atoms with van der Waals surface area (Å²) in [6, 6.07) is 16.3. The van der Waals surface area contributed by atoms with Gasteiger partial charge >= 0.3 is 0 Å². The molecule has 1 aliphatic rings. The minimum absolute atomic E-state index is 0.208. The fraction of sp³-hybridized carbons (Fsp3) is 0.350. The van der Waals surface area contributed by atoms with Crippen LogP contribution in [0.1, 0.15) is 27.9 Å². The first-order valence-electron chi connectivity index (χ1n) is 8.24. The number of Topliss-reactive ketones (excluding diaryl/α,β-unsaturated/α-hetero) is 1. The Balaban J connectivity index is 1.59. The van der Waals surface area contributed by atoms with Crippen LogP contribution in [0.25, 0.3) is 0 Å². The molecule has 0 saturated carbocycles. The van der Waals surface area contributed by atoms with Crippen LogP contribution in [0.15, 0.2) is 48.5 Å². The smallest absolute Gasteiger partial charge is 0.163 e. The van der Waals surface area contributed by atoms with Crippen molar-refractivity contribution < 1.29 is 9.53 Å². The van der Waals surface area contributed by atoms with Gasteiger partial charge in [0.15, 0.2) is 5.78 Å². The first-order valence-corrected chi connectivity index (χ1v) is 8.24. The third-order valence-electron chi connectivity index (χ3n) is 4.29. The number of aryl methyl sites for hydroxylation is 2. The first kappa shape index (κ1) is 15.8. The maximum atomic E-state index is 12.4. The molecule has 0 radical (unpaired) electrons. The van der Waals surface area contributed by atoms with Crippen molar-refractivity contribution in [1.82, 2.24) is 0 Å². The molecule has 3 rings (SSSR count). The van der Waals surface area contributed by atoms with E-state index in [4.69, 9.17) is 4.74 Å². The lowest BCUT2D eigenvalue weighted by Crippen LogP contribution is -2.36. The van der Waals surface area contributed by atoms with Crippen LogP contribution in [0.4, 0.5) is 5.69 Å². The van der Waals surface area contributed by atoms with E-state index in [1.165, 1.54) is 16.8 Å². The number of carbonyl (C=O) groups is 1. The maximum Gasteiger partial charge on any atom is 0.163 e. The van der Waals surface area contributed by atoms with Crippen molar-refractivity contribution in [2.24, 2.45) is 0 Å². The molecule has 0 amide bonds. The Hall–Kier alpha value is -2.13. The highest BCUT2D eigenvalue weighted by atomic mass is 16.5. The lowest BCUT2D eigenvalue weighted by atomic mass is 10.0. The summed E-state index contributed by atoms with van der Waals surface area (Å²) in [4.78, 5) is 14.7. The van der Waals surface area contributed by atoms with E-state index >= 15 is 0 Å². The summed E-state index contributed by atoms with van der Waals surface area (Å²) >= 11 is 0. The Morgan fingerprint density at radius 3 is 2.52 bits per heavy atom. The molecule has 3 nitrogen and oxygen atoms in total. The summed E-state index contributed by atoms with van der Waals surface area (Å²) in [5.41, 5.74) is 4.44. The van der Waals surface area contributed by atoms with E-state index in [9.17, 15) is 4.79 Å². The molecule has 0 aromatic heterocycles. The van der Waals surface area contributed by atoms with Gasteiger partial charge in [-0.15, -0.1) is 0 Å². The van der Waals surface area contributed by atoms with E-state index in [2.05, 4.69) is 30.0 Å². The Bertz CT molecular complexity index is 658. The Morgan fingerprint density at radius 1 is 1.09 bits per heavy atom. The molecule has 0 unspecified atom stereocenters. The Labute approximate surface area is 137 Å². The minimum atomic E-state index is 0.208. The maximum absolute atomic E-state index is 12.4. The molecule has 1 aliphatic heterocycles. The van der Waals surface area contributed by atoms with E-state index in [1.807, 2.05) is 30.3 Å². The highest BCUT2D eigenvalue weighted by Crippen LogP contribution is 2.18. The molecule has 0 N–H and O–H groups in total. The molecule has 1 saturated heterocycles. The van der Waals surface area contributed by atoms with Gasteiger partial charge in [-0.3, -0.25) is 4.79 Å². The number of anilines is 1. The molecule has 0 spiro atoms. The topological polar surface area (TPSA) is 29.5 Å². The average Bonchev–Trinajstić information content (AvgIpc) is 2.61. The normalized spacial score (nSPS) is 14.7. The number of rotatable bonds is 5. The zero-order chi connectivity index (χ0) is 16.1. The van der Waals surface area contributed by atoms with Crippen LogP contribution >= 0.6 is 0 Å². The summed E-state index contributed by atoms with van der Waals surface area (Å²) < 4.78 is 5.37. The lowest BCUT2D eigenvalue weighted by Gasteiger charge is -2.28. The second-order valence-electron chi connectivity index (χ2n) is 6.06. The molecule has 23 heavy (non-hydrogen) atoms. The number of ether oxygens (including phenoxy) is 1. The van der Waals surface area contributed by atoms with Gasteiger partial charge in [0, 0.05) is 30.8 Å². The zero-order valence-electron chi connectivity index (χ0n) is 13.6. The summed E-state index contributed by atoms with van der Waals surface area (Å²) in [6.45, 7) is 5.46. The van der Waals surface area contributed by atoms with Crippen LogP contribution in [-0.4, -0.2) is 32.1 Å². The summed E-state index contributed by atoms with van der Waals surface area (Å²) in [7, 11) is 0. The van der Waals surface area contributed by atoms with Crippen molar-refractivity contribution in [2.75, 3.05) is 31.2 Å². The van der Waals surface area contributed by atoms with Gasteiger partial charge in [-0.1, -0.05) is 29.8 Å². The third-order valence-corrected chi connectivity index (χ3v) is 4.29. The number of morpholine rings is 1. The molecule has 0 atom stereocenters. The van der Waals surface area contributed by atoms with Crippen LogP contribution in [-0.2, 0) is 11.2 Å². The second-order valence-corrected chi connectivity index (χ2v) is 6.06. The number of hydrogen-bond acceptors (Lipinski definition) is 3. The van der Waals surface area contributed by atoms with E-state index in [1.54, 1.807) is 0 Å². The molecular weight excluding hydrogens is 286 g/mol. The quantitative estimate of drug-likeness (QED) is 0.790. The fourth-order valence-corrected chi connectivity index (χ4v) is 2.95. The van der Waals surface area contributed by atoms with Gasteiger partial charge in [0.2, 0.25) is 0 Å². The molecule has 0 aliphatic carbocycles. The molecule has 1 heterocycles. The number of benzene rings is 2. The number of nitrogens with zero attached hydrogens (tertiary/aromatic N) is 1. The van der Waals surface area contributed by atoms with Gasteiger partial charge in [0.25, 0.3) is 0 Å². The largest absolute Gasteiger partial charge is 0.378 e. The Kier molecular flexibility index (Phi) is 5.09. The average molecular weight is 309 g/mol. The SMILES string of the molecule is Cc1cccc(CCC(=O)c2ccc(N3CCOCC3)cc2)c1. The predicted octanol–water partition coefficient (Wildman–Crippen LogP) is 3.65. The van der Waals surface area contributed by atoms with Gasteiger partial charge < -0.3 is 9.64 Å². The van der Waals surface area contributed by atoms with E-state index < -0.39 is 0 Å². The molecule has 2 aromatic carbocycles. The van der Waals surface area contributed by atoms with Gasteiger partial charge in [-0.25, -0.2) is 0 Å². The standard InChI is InChI=1S/C20H23NO2/c1-16-3-2-4-17(15-16)5-10-20(22)18-6-8-19(9-7-18)21-11-13-23-14-12-21/h2-4,6-9,15H,5,10-14H2,1H3. The zero-order valence-corrected chi connectivity index (χ0v) is 13.6. The van der Waals surface area contributed by atoms with Crippen molar-refractivity contribution in [3.8, 4) is 0 Å². The monoisotopic (exact) mass is 309 g/mol. The van der Waals surface area contributed by atoms with Crippen molar-refractivity contribution in [2.45, 2.75) is 19.8 Å². The van der Waals surface area contributed by atoms with Crippen LogP contribution in [0.3, 0.4) is 0 Å². The van der Waals surface area contributed by atoms with Crippen molar-refractivity contribution in [3.05, 3.63) is 65.2 Å². The summed E-state index contributed by atoms with van der Waals surface area (Å²) in [5.74, 6) is 0.208. The van der Waals surface area contributed by atoms with Crippen LogP contribution in [0, 0.1) is 6.92 Å². The predicted molar refractivity (Wildman–Crippen MR) is 93.3 cm³/mol. The number of hydrogen-bond donors (Lipinski definition) is 0. The highest BCUT2D eigenvalue weighted by Gasteiger charge is 2.12. The highest BCUT2D eigenvalue weighted by molar-refractivity contribution is 5.96.